The van der Waals surface area contributed by atoms with Gasteiger partial charge in [-0.15, -0.1) is 0 Å². The summed E-state index contributed by atoms with van der Waals surface area (Å²) in [5, 5.41) is 93.3. The minimum Gasteiger partial charge on any atom is -0.507 e. The summed E-state index contributed by atoms with van der Waals surface area (Å²) < 4.78 is 0. The number of aromatic nitrogens is 1. The molecule has 2 heterocycles. The molecule has 0 radical (unpaired) electrons. The van der Waals surface area contributed by atoms with Crippen molar-refractivity contribution in [3.63, 3.8) is 0 Å². The smallest absolute Gasteiger partial charge is 0.339 e. The number of aliphatic hydroxyl groups excluding tert-OH is 3. The number of unbranched alkanes of at least 4 members (excludes halogenated alkanes) is 1. The highest BCUT2D eigenvalue weighted by Crippen LogP contribution is 2.39. The van der Waals surface area contributed by atoms with Gasteiger partial charge in [0.1, 0.15) is 58.9 Å². The van der Waals surface area contributed by atoms with Crippen molar-refractivity contribution in [2.24, 2.45) is 11.5 Å². The molecule has 101 heavy (non-hydrogen) atoms. The van der Waals surface area contributed by atoms with Gasteiger partial charge >= 0.3 is 11.9 Å². The number of aromatic hydroxyl groups is 2. The third kappa shape index (κ3) is 21.0. The second kappa shape index (κ2) is 37.4. The van der Waals surface area contributed by atoms with Crippen LogP contribution in [0.3, 0.4) is 0 Å². The summed E-state index contributed by atoms with van der Waals surface area (Å²) in [6, 6.07) is 31.4. The summed E-state index contributed by atoms with van der Waals surface area (Å²) in [7, 11) is 2.06. The van der Waals surface area contributed by atoms with Crippen LogP contribution in [-0.4, -0.2) is 185 Å². The van der Waals surface area contributed by atoms with E-state index >= 15 is 0 Å². The monoisotopic (exact) mass is 1420 g/mol. The van der Waals surface area contributed by atoms with Crippen molar-refractivity contribution in [2.45, 2.75) is 119 Å². The van der Waals surface area contributed by atoms with Gasteiger partial charge in [-0.05, 0) is 103 Å². The number of carboxylic acid groups (broad SMARTS) is 2. The fraction of sp³-hybridized carbons (Fsp3) is 0.319. The van der Waals surface area contributed by atoms with Crippen LogP contribution in [0.4, 0.5) is 0 Å². The second-order valence-electron chi connectivity index (χ2n) is 24.2. The van der Waals surface area contributed by atoms with E-state index in [1.54, 1.807) is 109 Å². The molecule has 10 atom stereocenters. The molecule has 29 heteroatoms. The fourth-order valence-corrected chi connectivity index (χ4v) is 13.7. The Balaban J connectivity index is 0.000000394. The molecule has 1 unspecified atom stereocenters. The van der Waals surface area contributed by atoms with Gasteiger partial charge in [-0.3, -0.25) is 33.6 Å². The molecule has 8 aromatic rings. The highest BCUT2D eigenvalue weighted by Gasteiger charge is 2.37. The first-order valence-corrected chi connectivity index (χ1v) is 34.8. The standard InChI is InChI=1S/C49H66N10O10S2.C23H16O6.H2O/c1-28(61)39(25-60)56-48(68)41-27-71-70-26-40(57-43(63)34(51)21-30-13-5-3-6-14-30)47(67)54-37(22-31-15-7-4-8-16-31)45(65)55-38(23-32-24-52-35-18-10-9-17-33(32)35)46(66)53-36(19-11-12-20-50)44(64)59-42(29(2)62)49(69)58-41;24-20-16(14-7-3-1-5-12(14)9-18(20)22(26)27)11-17-15-8-4-2-6-13(15)10-19(21(17)25)23(28)29;/h3-10,13-18,24,28-29,34,36-42,52,60-62H,11-12,19-23,25-27,50-51H2,1-2H3,(H,53,66)(H,54,67)(H,55,65)(H,56,68)(H,57,63)(H,58,69)(H,59,64);1-10,24-25H,11H2,(H,26,27)(H,28,29);1H2/t28-,29?,34-,36+,37+,38-,39-,40+,41+,42+;;/m1../s1. The number of fused-ring (bicyclic) bond motifs is 3. The number of rotatable bonds is 21. The summed E-state index contributed by atoms with van der Waals surface area (Å²) in [4.78, 5) is 126. The van der Waals surface area contributed by atoms with Crippen molar-refractivity contribution in [3.8, 4) is 11.5 Å². The zero-order valence-electron chi connectivity index (χ0n) is 55.3. The topological polar surface area (TPSA) is 479 Å². The predicted octanol–water partition coefficient (Wildman–Crippen LogP) is 2.76. The number of hydrogen-bond donors (Lipinski definition) is 17. The van der Waals surface area contributed by atoms with Gasteiger partial charge in [0, 0.05) is 59.0 Å². The zero-order chi connectivity index (χ0) is 72.2. The molecular weight excluding hydrogens is 1340 g/mol. The number of benzene rings is 7. The van der Waals surface area contributed by atoms with Gasteiger partial charge in [-0.2, -0.15) is 0 Å². The Morgan fingerprint density at radius 2 is 1.11 bits per heavy atom. The molecule has 0 spiro atoms. The minimum atomic E-state index is -1.66. The van der Waals surface area contributed by atoms with E-state index in [4.69, 9.17) is 11.5 Å². The molecule has 0 saturated carbocycles. The van der Waals surface area contributed by atoms with E-state index in [-0.39, 0.29) is 66.8 Å². The van der Waals surface area contributed by atoms with Crippen LogP contribution >= 0.6 is 21.6 Å². The summed E-state index contributed by atoms with van der Waals surface area (Å²) in [5.74, 6) is -9.36. The molecule has 536 valence electrons. The molecule has 27 nitrogen and oxygen atoms in total. The highest BCUT2D eigenvalue weighted by atomic mass is 33.1. The summed E-state index contributed by atoms with van der Waals surface area (Å²) in [6.45, 7) is 2.23. The van der Waals surface area contributed by atoms with Crippen LogP contribution < -0.4 is 48.7 Å². The van der Waals surface area contributed by atoms with E-state index < -0.39 is 132 Å². The maximum absolute atomic E-state index is 14.7. The summed E-state index contributed by atoms with van der Waals surface area (Å²) >= 11 is 0. The molecule has 7 aromatic carbocycles. The number of para-hydroxylation sites is 1. The van der Waals surface area contributed by atoms with Gasteiger partial charge in [0.15, 0.2) is 0 Å². The van der Waals surface area contributed by atoms with Gasteiger partial charge in [-0.1, -0.05) is 149 Å². The Morgan fingerprint density at radius 3 is 1.66 bits per heavy atom. The fourth-order valence-electron chi connectivity index (χ4n) is 11.4. The predicted molar refractivity (Wildman–Crippen MR) is 384 cm³/mol. The van der Waals surface area contributed by atoms with Gasteiger partial charge in [0.05, 0.1) is 30.9 Å². The number of nitrogens with two attached hydrogens (primary N) is 2. The molecule has 1 aliphatic heterocycles. The maximum Gasteiger partial charge on any atom is 0.339 e. The molecule has 0 aliphatic carbocycles. The number of carbonyl (C=O) groups is 9. The van der Waals surface area contributed by atoms with Gasteiger partial charge in [0.2, 0.25) is 41.4 Å². The van der Waals surface area contributed by atoms with E-state index in [0.717, 1.165) is 38.1 Å². The van der Waals surface area contributed by atoms with Gasteiger partial charge < -0.3 is 94.9 Å². The summed E-state index contributed by atoms with van der Waals surface area (Å²) in [5.41, 5.74) is 15.1. The molecule has 1 aromatic heterocycles. The van der Waals surface area contributed by atoms with Crippen LogP contribution in [0.15, 0.2) is 152 Å². The first-order chi connectivity index (χ1) is 48.0. The average molecular weight is 1430 g/mol. The molecule has 1 aliphatic rings. The van der Waals surface area contributed by atoms with Crippen LogP contribution in [0, 0.1) is 0 Å². The van der Waals surface area contributed by atoms with E-state index in [9.17, 15) is 78.9 Å². The molecular formula is C72H84N10O17S2. The van der Waals surface area contributed by atoms with Crippen molar-refractivity contribution in [3.05, 3.63) is 191 Å². The Morgan fingerprint density at radius 1 is 0.604 bits per heavy atom. The van der Waals surface area contributed by atoms with Crippen molar-refractivity contribution in [2.75, 3.05) is 24.7 Å². The minimum absolute atomic E-state index is 0. The van der Waals surface area contributed by atoms with E-state index in [2.05, 4.69) is 42.2 Å². The number of carbonyl (C=O) groups excluding carboxylic acids is 7. The lowest BCUT2D eigenvalue weighted by Gasteiger charge is -2.29. The van der Waals surface area contributed by atoms with Crippen molar-refractivity contribution in [1.29, 1.82) is 0 Å². The van der Waals surface area contributed by atoms with Crippen LogP contribution in [0.25, 0.3) is 32.4 Å². The third-order valence-corrected chi connectivity index (χ3v) is 19.3. The second-order valence-corrected chi connectivity index (χ2v) is 26.8. The zero-order valence-corrected chi connectivity index (χ0v) is 56.9. The van der Waals surface area contributed by atoms with Crippen LogP contribution in [0.5, 0.6) is 11.5 Å². The Hall–Kier alpha value is -10.1. The van der Waals surface area contributed by atoms with Crippen molar-refractivity contribution in [1.82, 2.24) is 42.2 Å². The number of aromatic carboxylic acids is 2. The largest absolute Gasteiger partial charge is 0.507 e. The molecule has 21 N–H and O–H groups in total. The van der Waals surface area contributed by atoms with Crippen molar-refractivity contribution < 1.29 is 84.4 Å². The average Bonchev–Trinajstić information content (AvgIpc) is 1.19. The number of aliphatic hydroxyl groups is 3. The Bertz CT molecular complexity index is 4120. The van der Waals surface area contributed by atoms with E-state index in [1.165, 1.54) is 26.0 Å². The number of amides is 7. The highest BCUT2D eigenvalue weighted by molar-refractivity contribution is 8.76. The van der Waals surface area contributed by atoms with E-state index in [1.807, 2.05) is 30.3 Å². The lowest BCUT2D eigenvalue weighted by Crippen LogP contribution is -2.62. The third-order valence-electron chi connectivity index (χ3n) is 16.9. The number of aromatic amines is 1. The Kier molecular flexibility index (Phi) is 28.9. The molecule has 7 amide bonds. The first kappa shape index (κ1) is 78.2. The number of H-pyrrole nitrogens is 1. The Labute approximate surface area is 588 Å². The number of hydrogen-bond acceptors (Lipinski definition) is 18. The van der Waals surface area contributed by atoms with Crippen LogP contribution in [-0.2, 0) is 59.2 Å². The van der Waals surface area contributed by atoms with Crippen LogP contribution in [0.1, 0.15) is 81.6 Å². The SMILES string of the molecule is CC(O)[C@@H]1NC(=O)[C@H](CCCCN)NC(=O)[C@@H](Cc2c[nH]c3ccccc23)NC(=O)[C@H](Cc2ccccc2)NC(=O)[C@@H](NC(=O)[C@H](N)Cc2ccccc2)CSSC[C@@H](C(=O)N[C@H](CO)[C@@H](C)O)NC1=O.O.O=C(O)c1cc2ccccc2c(Cc2c(O)c(C(=O)O)cc3ccccc23)c1O. The molecule has 1 fully saturated rings. The quantitative estimate of drug-likeness (QED) is 0.0363. The number of phenols is 2. The lowest BCUT2D eigenvalue weighted by atomic mass is 9.90. The normalized spacial score (nSPS) is 19.2. The van der Waals surface area contributed by atoms with Crippen LogP contribution in [0.2, 0.25) is 0 Å². The number of carboxylic acids is 2. The molecule has 1 saturated heterocycles. The lowest BCUT2D eigenvalue weighted by molar-refractivity contribution is -0.136. The summed E-state index contributed by atoms with van der Waals surface area (Å²) in [6.07, 6.45) is -0.197. The van der Waals surface area contributed by atoms with Gasteiger partial charge in [-0.25, -0.2) is 9.59 Å². The number of nitrogens with one attached hydrogen (secondary N) is 8. The first-order valence-electron chi connectivity index (χ1n) is 32.3. The maximum atomic E-state index is 14.7. The van der Waals surface area contributed by atoms with Gasteiger partial charge in [0.25, 0.3) is 0 Å². The van der Waals surface area contributed by atoms with Crippen molar-refractivity contribution >= 4 is 107 Å². The molecule has 0 bridgehead atoms. The molecule has 9 rings (SSSR count). The van der Waals surface area contributed by atoms with E-state index in [0.29, 0.717) is 56.6 Å².